The van der Waals surface area contributed by atoms with Crippen molar-refractivity contribution < 1.29 is 28.7 Å². The van der Waals surface area contributed by atoms with E-state index < -0.39 is 34.7 Å². The van der Waals surface area contributed by atoms with Crippen molar-refractivity contribution in [2.24, 2.45) is 10.8 Å². The summed E-state index contributed by atoms with van der Waals surface area (Å²) in [5, 5.41) is 0. The molecule has 1 saturated carbocycles. The third-order valence-corrected chi connectivity index (χ3v) is 6.34. The minimum Gasteiger partial charge on any atom is -0.392 e. The average molecular weight is 384 g/mol. The first-order valence-electron chi connectivity index (χ1n) is 9.16. The van der Waals surface area contributed by atoms with Crippen LogP contribution in [0.1, 0.15) is 17.5 Å². The van der Waals surface area contributed by atoms with Crippen LogP contribution in [0, 0.1) is 10.8 Å². The molecule has 2 aromatic rings. The van der Waals surface area contributed by atoms with Gasteiger partial charge in [-0.25, -0.2) is 9.59 Å². The van der Waals surface area contributed by atoms with Crippen LogP contribution in [0.2, 0.25) is 0 Å². The summed E-state index contributed by atoms with van der Waals surface area (Å²) in [4.78, 5) is 51.4. The zero-order chi connectivity index (χ0) is 20.0. The van der Waals surface area contributed by atoms with Crippen molar-refractivity contribution in [2.45, 2.75) is 6.42 Å². The van der Waals surface area contributed by atoms with Gasteiger partial charge in [0.1, 0.15) is 10.8 Å². The second-order valence-corrected chi connectivity index (χ2v) is 7.57. The van der Waals surface area contributed by atoms with Crippen molar-refractivity contribution in [1.29, 1.82) is 0 Å². The summed E-state index contributed by atoms with van der Waals surface area (Å²) in [6, 6.07) is 17.7. The van der Waals surface area contributed by atoms with Crippen LogP contribution in [-0.2, 0) is 28.7 Å². The summed E-state index contributed by atoms with van der Waals surface area (Å²) in [6.07, 6.45) is 0.166. The fourth-order valence-electron chi connectivity index (χ4n) is 5.17. The molecule has 2 atom stereocenters. The highest BCUT2D eigenvalue weighted by Gasteiger charge is 2.88. The number of rotatable bonds is 2. The largest absolute Gasteiger partial charge is 0.392 e. The van der Waals surface area contributed by atoms with E-state index in [9.17, 15) is 19.2 Å². The van der Waals surface area contributed by atoms with Crippen LogP contribution < -0.4 is 0 Å². The van der Waals surface area contributed by atoms with Gasteiger partial charge in [-0.3, -0.25) is 9.59 Å². The Morgan fingerprint density at radius 1 is 0.586 bits per heavy atom. The fourth-order valence-corrected chi connectivity index (χ4v) is 5.17. The lowest BCUT2D eigenvalue weighted by molar-refractivity contribution is -0.157. The van der Waals surface area contributed by atoms with Gasteiger partial charge in [0.15, 0.2) is 0 Å². The van der Waals surface area contributed by atoms with E-state index in [4.69, 9.17) is 9.47 Å². The Morgan fingerprint density at radius 2 is 1.00 bits per heavy atom. The molecule has 0 bridgehead atoms. The first-order valence-corrected chi connectivity index (χ1v) is 9.16. The van der Waals surface area contributed by atoms with Crippen molar-refractivity contribution in [3.8, 4) is 0 Å². The molecule has 6 nitrogen and oxygen atoms in total. The van der Waals surface area contributed by atoms with Crippen molar-refractivity contribution in [3.63, 3.8) is 0 Å². The Balaban J connectivity index is 1.80. The van der Waals surface area contributed by atoms with Gasteiger partial charge >= 0.3 is 23.9 Å². The van der Waals surface area contributed by atoms with Gasteiger partial charge in [0.25, 0.3) is 0 Å². The van der Waals surface area contributed by atoms with Crippen molar-refractivity contribution in [2.75, 3.05) is 0 Å². The molecular formula is C23H12O6. The first-order chi connectivity index (χ1) is 14.0. The zero-order valence-corrected chi connectivity index (χ0v) is 14.9. The van der Waals surface area contributed by atoms with E-state index in [1.54, 1.807) is 60.7 Å². The monoisotopic (exact) mass is 384 g/mol. The highest BCUT2D eigenvalue weighted by molar-refractivity contribution is 6.34. The zero-order valence-electron chi connectivity index (χ0n) is 14.9. The van der Waals surface area contributed by atoms with E-state index in [2.05, 4.69) is 0 Å². The number of carbonyl (C=O) groups excluding carboxylic acids is 4. The molecule has 2 unspecified atom stereocenters. The molecule has 4 aliphatic rings. The van der Waals surface area contributed by atoms with E-state index in [0.29, 0.717) is 22.3 Å². The lowest BCUT2D eigenvalue weighted by Gasteiger charge is -2.26. The highest BCUT2D eigenvalue weighted by Crippen LogP contribution is 2.82. The quantitative estimate of drug-likeness (QED) is 0.584. The van der Waals surface area contributed by atoms with Gasteiger partial charge < -0.3 is 9.47 Å². The van der Waals surface area contributed by atoms with Crippen LogP contribution in [0.5, 0.6) is 0 Å². The van der Waals surface area contributed by atoms with Crippen molar-refractivity contribution in [1.82, 2.24) is 0 Å². The summed E-state index contributed by atoms with van der Waals surface area (Å²) < 4.78 is 10.0. The van der Waals surface area contributed by atoms with Crippen LogP contribution >= 0.6 is 0 Å². The van der Waals surface area contributed by atoms with Crippen LogP contribution in [0.15, 0.2) is 71.8 Å². The van der Waals surface area contributed by atoms with Crippen molar-refractivity contribution >= 4 is 35.0 Å². The molecule has 2 saturated heterocycles. The maximum atomic E-state index is 13.0. The Kier molecular flexibility index (Phi) is 2.77. The highest BCUT2D eigenvalue weighted by atomic mass is 16.6. The number of cyclic esters (lactones) is 4. The summed E-state index contributed by atoms with van der Waals surface area (Å²) in [5.74, 6) is -2.99. The molecule has 0 amide bonds. The van der Waals surface area contributed by atoms with Crippen LogP contribution in [0.25, 0.3) is 11.1 Å². The van der Waals surface area contributed by atoms with Gasteiger partial charge in [0.05, 0.1) is 11.1 Å². The molecule has 2 aliphatic carbocycles. The second-order valence-electron chi connectivity index (χ2n) is 7.57. The van der Waals surface area contributed by atoms with E-state index >= 15 is 0 Å². The smallest absolute Gasteiger partial charge is 0.347 e. The summed E-state index contributed by atoms with van der Waals surface area (Å²) in [7, 11) is 0. The second kappa shape index (κ2) is 4.97. The number of benzene rings is 2. The number of ether oxygens (including phenoxy) is 2. The molecule has 6 rings (SSSR count). The normalized spacial score (nSPS) is 29.4. The minimum absolute atomic E-state index is 0.0554. The van der Waals surface area contributed by atoms with E-state index in [0.717, 1.165) is 0 Å². The van der Waals surface area contributed by atoms with E-state index in [1.165, 1.54) is 0 Å². The van der Waals surface area contributed by atoms with E-state index in [-0.39, 0.29) is 17.6 Å². The maximum absolute atomic E-state index is 13.0. The first kappa shape index (κ1) is 16.2. The summed E-state index contributed by atoms with van der Waals surface area (Å²) in [6.45, 7) is 0. The van der Waals surface area contributed by atoms with Crippen LogP contribution in [0.4, 0.5) is 0 Å². The molecule has 3 fully saturated rings. The molecule has 29 heavy (non-hydrogen) atoms. The standard InChI is InChI=1S/C23H12O6/c24-18-14-15(19(25)28-18)17(13-9-5-2-6-10-13)23-11-22(23,20(26)29-21(23)27)16(14)12-7-3-1-4-8-12/h1-10H,11H2. The van der Waals surface area contributed by atoms with Gasteiger partial charge in [-0.2, -0.15) is 0 Å². The van der Waals surface area contributed by atoms with Crippen molar-refractivity contribution in [3.05, 3.63) is 82.9 Å². The maximum Gasteiger partial charge on any atom is 0.347 e. The number of fused-ring (bicyclic) bond motifs is 1. The number of hydrogen-bond donors (Lipinski definition) is 0. The lowest BCUT2D eigenvalue weighted by atomic mass is 9.69. The third-order valence-electron chi connectivity index (χ3n) is 6.34. The molecule has 0 aromatic heterocycles. The third kappa shape index (κ3) is 1.64. The van der Waals surface area contributed by atoms with Gasteiger partial charge in [-0.15, -0.1) is 0 Å². The SMILES string of the molecule is O=C1OC(=O)C2=C(c3ccccc3)C34CC3(C(=O)OC4=O)C(c3ccccc3)=C12. The van der Waals surface area contributed by atoms with E-state index in [1.807, 2.05) is 0 Å². The molecule has 140 valence electrons. The van der Waals surface area contributed by atoms with Crippen LogP contribution in [0.3, 0.4) is 0 Å². The molecule has 0 N–H and O–H groups in total. The Morgan fingerprint density at radius 3 is 1.41 bits per heavy atom. The number of esters is 4. The Bertz CT molecular complexity index is 1140. The molecule has 2 heterocycles. The molecule has 2 aromatic carbocycles. The number of carbonyl (C=O) groups is 4. The Labute approximate surface area is 164 Å². The summed E-state index contributed by atoms with van der Waals surface area (Å²) in [5.41, 5.74) is -0.656. The van der Waals surface area contributed by atoms with Gasteiger partial charge in [0.2, 0.25) is 0 Å². The predicted octanol–water partition coefficient (Wildman–Crippen LogP) is 2.45. The topological polar surface area (TPSA) is 86.7 Å². The van der Waals surface area contributed by atoms with Gasteiger partial charge in [-0.05, 0) is 28.7 Å². The lowest BCUT2D eigenvalue weighted by Crippen LogP contribution is -2.28. The molecule has 6 heteroatoms. The van der Waals surface area contributed by atoms with Gasteiger partial charge in [-0.1, -0.05) is 60.7 Å². The fraction of sp³-hybridized carbons (Fsp3) is 0.130. The molecule has 0 radical (unpaired) electrons. The van der Waals surface area contributed by atoms with Crippen LogP contribution in [-0.4, -0.2) is 23.9 Å². The molecular weight excluding hydrogens is 372 g/mol. The Hall–Kier alpha value is -3.80. The molecule has 0 spiro atoms. The average Bonchev–Trinajstić information content (AvgIpc) is 3.30. The predicted molar refractivity (Wildman–Crippen MR) is 98.4 cm³/mol. The minimum atomic E-state index is -1.32. The summed E-state index contributed by atoms with van der Waals surface area (Å²) >= 11 is 0. The molecule has 2 aliphatic heterocycles. The van der Waals surface area contributed by atoms with Gasteiger partial charge in [0, 0.05) is 0 Å². The number of hydrogen-bond acceptors (Lipinski definition) is 6.